The number of Topliss-reactive ketones (excluding diaryl/α,β-unsaturated/α-hetero) is 2. The van der Waals surface area contributed by atoms with Crippen molar-refractivity contribution in [1.29, 1.82) is 0 Å². The lowest BCUT2D eigenvalue weighted by atomic mass is 9.35. The van der Waals surface area contributed by atoms with E-state index >= 15 is 0 Å². The number of aliphatic hydroxyl groups is 1. The van der Waals surface area contributed by atoms with Crippen molar-refractivity contribution in [3.05, 3.63) is 12.2 Å². The third-order valence-corrected chi connectivity index (χ3v) is 10.2. The first-order valence-corrected chi connectivity index (χ1v) is 11.4. The molecule has 4 rings (SSSR count). The van der Waals surface area contributed by atoms with E-state index in [1.807, 2.05) is 6.92 Å². The average molecular weight is 417 g/mol. The van der Waals surface area contributed by atoms with E-state index in [9.17, 15) is 19.5 Å². The van der Waals surface area contributed by atoms with Gasteiger partial charge in [-0.05, 0) is 80.1 Å². The van der Waals surface area contributed by atoms with Crippen LogP contribution in [-0.2, 0) is 19.1 Å². The molecule has 0 spiro atoms. The highest BCUT2D eigenvalue weighted by molar-refractivity contribution is 6.21. The summed E-state index contributed by atoms with van der Waals surface area (Å²) in [7, 11) is 1.33. The van der Waals surface area contributed by atoms with Crippen molar-refractivity contribution in [2.75, 3.05) is 7.11 Å². The number of rotatable bonds is 1. The van der Waals surface area contributed by atoms with Gasteiger partial charge < -0.3 is 9.84 Å². The average Bonchev–Trinajstić information content (AvgIpc) is 2.70. The van der Waals surface area contributed by atoms with Gasteiger partial charge in [0.1, 0.15) is 0 Å². The number of ketones is 2. The lowest BCUT2D eigenvalue weighted by Crippen LogP contribution is -2.70. The third kappa shape index (κ3) is 2.20. The number of methoxy groups -OCH3 is 1. The van der Waals surface area contributed by atoms with Gasteiger partial charge in [0.25, 0.3) is 0 Å². The summed E-state index contributed by atoms with van der Waals surface area (Å²) in [5.74, 6) is -1.72. The number of hydrogen-bond donors (Lipinski definition) is 1. The van der Waals surface area contributed by atoms with Gasteiger partial charge in [0.2, 0.25) is 0 Å². The molecule has 4 saturated carbocycles. The summed E-state index contributed by atoms with van der Waals surface area (Å²) in [5.41, 5.74) is -2.30. The summed E-state index contributed by atoms with van der Waals surface area (Å²) in [6.07, 6.45) is 3.34. The normalized spacial score (nSPS) is 49.8. The van der Waals surface area contributed by atoms with Gasteiger partial charge in [-0.1, -0.05) is 27.4 Å². The molecule has 0 aromatic rings. The van der Waals surface area contributed by atoms with Crippen molar-refractivity contribution in [2.24, 2.45) is 45.3 Å². The Balaban J connectivity index is 1.93. The molecule has 0 saturated heterocycles. The fourth-order valence-electron chi connectivity index (χ4n) is 8.40. The van der Waals surface area contributed by atoms with Crippen LogP contribution in [-0.4, -0.2) is 35.9 Å². The van der Waals surface area contributed by atoms with Crippen LogP contribution >= 0.6 is 0 Å². The van der Waals surface area contributed by atoms with Crippen molar-refractivity contribution >= 4 is 17.5 Å². The third-order valence-electron chi connectivity index (χ3n) is 10.2. The van der Waals surface area contributed by atoms with Crippen molar-refractivity contribution in [2.45, 2.75) is 72.8 Å². The van der Waals surface area contributed by atoms with E-state index in [0.29, 0.717) is 24.8 Å². The van der Waals surface area contributed by atoms with Gasteiger partial charge in [0.05, 0.1) is 19.1 Å². The van der Waals surface area contributed by atoms with Gasteiger partial charge in [-0.25, -0.2) is 0 Å². The second-order valence-electron chi connectivity index (χ2n) is 11.5. The minimum Gasteiger partial charge on any atom is -0.468 e. The molecule has 5 nitrogen and oxygen atoms in total. The topological polar surface area (TPSA) is 80.7 Å². The van der Waals surface area contributed by atoms with E-state index in [1.54, 1.807) is 6.92 Å². The van der Waals surface area contributed by atoms with Crippen LogP contribution in [0.2, 0.25) is 0 Å². The van der Waals surface area contributed by atoms with Crippen molar-refractivity contribution in [3.8, 4) is 0 Å². The van der Waals surface area contributed by atoms with Crippen LogP contribution in [0, 0.1) is 45.3 Å². The molecule has 0 heterocycles. The molecule has 3 unspecified atom stereocenters. The predicted molar refractivity (Wildman–Crippen MR) is 112 cm³/mol. The molecular formula is C25H36O5. The highest BCUT2D eigenvalue weighted by Crippen LogP contribution is 2.71. The number of esters is 1. The number of aliphatic hydroxyl groups excluding tert-OH is 1. The molecule has 0 aliphatic heterocycles. The number of fused-ring (bicyclic) bond motifs is 6. The summed E-state index contributed by atoms with van der Waals surface area (Å²) in [4.78, 5) is 40.4. The molecule has 2 bridgehead atoms. The molecule has 4 aliphatic rings. The Kier molecular flexibility index (Phi) is 4.54. The molecule has 0 aromatic heterocycles. The Morgan fingerprint density at radius 3 is 2.30 bits per heavy atom. The zero-order chi connectivity index (χ0) is 22.4. The standard InChI is InChI=1S/C25H36O5/c1-13-19(27)24(6)12-16-15(25(14(24)2,20(13)28)21(29)30-7)8-9-17-22(3,4)18(26)10-11-23(16,17)5/h13,15-18,26H,2,8-12H2,1,3-7H3/t13-,15?,16?,17?,18-,23+,24+,25-/m1/s1. The fourth-order valence-corrected chi connectivity index (χ4v) is 8.40. The molecule has 0 aromatic carbocycles. The molecule has 30 heavy (non-hydrogen) atoms. The maximum absolute atomic E-state index is 13.7. The number of carbonyl (C=O) groups is 3. The Labute approximate surface area is 179 Å². The van der Waals surface area contributed by atoms with E-state index in [1.165, 1.54) is 7.11 Å². The lowest BCUT2D eigenvalue weighted by molar-refractivity contribution is -0.201. The molecular weight excluding hydrogens is 380 g/mol. The Morgan fingerprint density at radius 1 is 1.07 bits per heavy atom. The first kappa shape index (κ1) is 21.7. The van der Waals surface area contributed by atoms with Crippen molar-refractivity contribution in [3.63, 3.8) is 0 Å². The molecule has 0 radical (unpaired) electrons. The fraction of sp³-hybridized carbons (Fsp3) is 0.800. The molecule has 8 atom stereocenters. The minimum absolute atomic E-state index is 0.0259. The zero-order valence-electron chi connectivity index (χ0n) is 19.2. The van der Waals surface area contributed by atoms with Crippen LogP contribution < -0.4 is 0 Å². The summed E-state index contributed by atoms with van der Waals surface area (Å²) in [6.45, 7) is 14.3. The molecule has 5 heteroatoms. The Morgan fingerprint density at radius 2 is 1.70 bits per heavy atom. The van der Waals surface area contributed by atoms with E-state index in [2.05, 4.69) is 27.4 Å². The number of carbonyl (C=O) groups excluding carboxylic acids is 3. The summed E-state index contributed by atoms with van der Waals surface area (Å²) < 4.78 is 5.24. The second kappa shape index (κ2) is 6.27. The van der Waals surface area contributed by atoms with Crippen LogP contribution in [0.25, 0.3) is 0 Å². The van der Waals surface area contributed by atoms with Crippen LogP contribution in [0.4, 0.5) is 0 Å². The lowest BCUT2D eigenvalue weighted by Gasteiger charge is -2.67. The van der Waals surface area contributed by atoms with Gasteiger partial charge in [0, 0.05) is 5.41 Å². The summed E-state index contributed by atoms with van der Waals surface area (Å²) in [5, 5.41) is 10.7. The van der Waals surface area contributed by atoms with Gasteiger partial charge >= 0.3 is 5.97 Å². The van der Waals surface area contributed by atoms with Crippen molar-refractivity contribution < 1.29 is 24.2 Å². The first-order valence-electron chi connectivity index (χ1n) is 11.4. The first-order chi connectivity index (χ1) is 13.8. The summed E-state index contributed by atoms with van der Waals surface area (Å²) >= 11 is 0. The largest absolute Gasteiger partial charge is 0.468 e. The van der Waals surface area contributed by atoms with Crippen LogP contribution in [0.5, 0.6) is 0 Å². The summed E-state index contributed by atoms with van der Waals surface area (Å²) in [6, 6.07) is 0. The number of hydrogen-bond acceptors (Lipinski definition) is 5. The molecule has 166 valence electrons. The van der Waals surface area contributed by atoms with Crippen molar-refractivity contribution in [1.82, 2.24) is 0 Å². The molecule has 1 N–H and O–H groups in total. The van der Waals surface area contributed by atoms with Gasteiger partial charge in [-0.3, -0.25) is 14.4 Å². The van der Waals surface area contributed by atoms with E-state index in [-0.39, 0.29) is 46.3 Å². The Bertz CT molecular complexity index is 842. The maximum Gasteiger partial charge on any atom is 0.323 e. The van der Waals surface area contributed by atoms with Crippen LogP contribution in [0.15, 0.2) is 12.2 Å². The van der Waals surface area contributed by atoms with Crippen LogP contribution in [0.3, 0.4) is 0 Å². The Hall–Kier alpha value is -1.49. The smallest absolute Gasteiger partial charge is 0.323 e. The van der Waals surface area contributed by atoms with E-state index in [0.717, 1.165) is 12.8 Å². The highest BCUT2D eigenvalue weighted by atomic mass is 16.5. The molecule has 4 aliphatic carbocycles. The highest BCUT2D eigenvalue weighted by Gasteiger charge is 2.74. The van der Waals surface area contributed by atoms with E-state index < -0.39 is 22.7 Å². The second-order valence-corrected chi connectivity index (χ2v) is 11.5. The molecule has 0 amide bonds. The molecule has 4 fully saturated rings. The van der Waals surface area contributed by atoms with E-state index in [4.69, 9.17) is 4.74 Å². The SMILES string of the molecule is C=C1[C@]2(C)CC3C(CCC4C(C)(C)[C@H](O)CC[C@@]34C)[C@@]1(C(=O)OC)C(=O)[C@H](C)C2=O. The number of ether oxygens (including phenoxy) is 1. The van der Waals surface area contributed by atoms with Gasteiger partial charge in [-0.2, -0.15) is 0 Å². The monoisotopic (exact) mass is 416 g/mol. The zero-order valence-corrected chi connectivity index (χ0v) is 19.2. The van der Waals surface area contributed by atoms with Crippen LogP contribution in [0.1, 0.15) is 66.7 Å². The van der Waals surface area contributed by atoms with Gasteiger partial charge in [-0.15, -0.1) is 0 Å². The van der Waals surface area contributed by atoms with Gasteiger partial charge in [0.15, 0.2) is 17.0 Å². The quantitative estimate of drug-likeness (QED) is 0.400. The minimum atomic E-state index is -1.44. The maximum atomic E-state index is 13.7. The predicted octanol–water partition coefficient (Wildman–Crippen LogP) is 3.73.